The van der Waals surface area contributed by atoms with E-state index in [1.54, 1.807) is 24.3 Å². The fraction of sp³-hybridized carbons (Fsp3) is 0.167. The van der Waals surface area contributed by atoms with Crippen molar-refractivity contribution in [3.63, 3.8) is 0 Å². The fourth-order valence-electron chi connectivity index (χ4n) is 2.52. The monoisotopic (exact) mass is 424 g/mol. The van der Waals surface area contributed by atoms with Gasteiger partial charge in [0.2, 0.25) is 0 Å². The van der Waals surface area contributed by atoms with E-state index in [1.807, 2.05) is 36.4 Å². The number of benzene rings is 3. The molecule has 0 aromatic heterocycles. The van der Waals surface area contributed by atoms with Gasteiger partial charge in [-0.25, -0.2) is 4.39 Å². The number of nitrogens with two attached hydrogens (primary N) is 1. The zero-order valence-corrected chi connectivity index (χ0v) is 17.4. The Morgan fingerprint density at radius 3 is 1.55 bits per heavy atom. The zero-order valence-electron chi connectivity index (χ0n) is 17.4. The lowest BCUT2D eigenvalue weighted by Gasteiger charge is -2.07. The fourth-order valence-corrected chi connectivity index (χ4v) is 2.52. The Morgan fingerprint density at radius 2 is 1.13 bits per heavy atom. The third-order valence-corrected chi connectivity index (χ3v) is 4.22. The summed E-state index contributed by atoms with van der Waals surface area (Å²) in [5, 5.41) is 3.14. The maximum absolute atomic E-state index is 12.8. The summed E-state index contributed by atoms with van der Waals surface area (Å²) < 4.78 is 21.9. The van der Waals surface area contributed by atoms with Crippen LogP contribution in [0.15, 0.2) is 72.8 Å². The molecule has 3 N–H and O–H groups in total. The standard InChI is InChI=1S/C15H14FNO2.C9H11NO2/c1-19-15(18)10-11-2-6-13(7-3-11)17-14-8-4-12(16)5-9-14;1-12-9(11)6-7-2-4-8(10)5-3-7/h2-9,17H,10H2,1H3;2-5H,6,10H2,1H3. The molecule has 0 aliphatic rings. The molecule has 0 saturated heterocycles. The molecule has 0 amide bonds. The van der Waals surface area contributed by atoms with E-state index in [-0.39, 0.29) is 24.2 Å². The normalized spacial score (nSPS) is 9.77. The van der Waals surface area contributed by atoms with Crippen molar-refractivity contribution in [2.75, 3.05) is 25.3 Å². The van der Waals surface area contributed by atoms with E-state index in [0.717, 1.165) is 22.5 Å². The van der Waals surface area contributed by atoms with Crippen LogP contribution in [0.1, 0.15) is 11.1 Å². The predicted octanol–water partition coefficient (Wildman–Crippen LogP) is 4.27. The van der Waals surface area contributed by atoms with Gasteiger partial charge in [-0.2, -0.15) is 0 Å². The molecular formula is C24H25FN2O4. The molecule has 0 atom stereocenters. The summed E-state index contributed by atoms with van der Waals surface area (Å²) in [6, 6.07) is 20.7. The molecule has 0 radical (unpaired) electrons. The van der Waals surface area contributed by atoms with Gasteiger partial charge in [0, 0.05) is 17.1 Å². The Kier molecular flexibility index (Phi) is 9.04. The number of nitrogen functional groups attached to an aromatic ring is 1. The molecule has 0 heterocycles. The van der Waals surface area contributed by atoms with Gasteiger partial charge < -0.3 is 20.5 Å². The molecule has 162 valence electrons. The maximum Gasteiger partial charge on any atom is 0.309 e. The predicted molar refractivity (Wildman–Crippen MR) is 118 cm³/mol. The molecule has 6 nitrogen and oxygen atoms in total. The van der Waals surface area contributed by atoms with Crippen molar-refractivity contribution in [2.24, 2.45) is 0 Å². The number of nitrogens with one attached hydrogen (secondary N) is 1. The molecule has 7 heteroatoms. The van der Waals surface area contributed by atoms with Gasteiger partial charge in [0.05, 0.1) is 27.1 Å². The van der Waals surface area contributed by atoms with Crippen molar-refractivity contribution in [3.05, 3.63) is 89.7 Å². The second-order valence-electron chi connectivity index (χ2n) is 6.58. The van der Waals surface area contributed by atoms with E-state index >= 15 is 0 Å². The van der Waals surface area contributed by atoms with Gasteiger partial charge >= 0.3 is 11.9 Å². The Labute approximate surface area is 180 Å². The molecule has 3 aromatic carbocycles. The average molecular weight is 424 g/mol. The summed E-state index contributed by atoms with van der Waals surface area (Å²) in [4.78, 5) is 21.9. The maximum atomic E-state index is 12.8. The highest BCUT2D eigenvalue weighted by molar-refractivity contribution is 5.73. The van der Waals surface area contributed by atoms with Crippen LogP contribution < -0.4 is 11.1 Å². The summed E-state index contributed by atoms with van der Waals surface area (Å²) in [5.74, 6) is -0.766. The molecule has 3 rings (SSSR count). The van der Waals surface area contributed by atoms with Gasteiger partial charge in [0.15, 0.2) is 0 Å². The van der Waals surface area contributed by atoms with Crippen molar-refractivity contribution in [1.29, 1.82) is 0 Å². The molecule has 0 aliphatic heterocycles. The minimum absolute atomic E-state index is 0.236. The van der Waals surface area contributed by atoms with Crippen molar-refractivity contribution in [3.8, 4) is 0 Å². The molecule has 0 fully saturated rings. The van der Waals surface area contributed by atoms with Crippen molar-refractivity contribution >= 4 is 29.0 Å². The topological polar surface area (TPSA) is 90.7 Å². The van der Waals surface area contributed by atoms with E-state index < -0.39 is 0 Å². The second kappa shape index (κ2) is 12.0. The number of methoxy groups -OCH3 is 2. The first-order valence-electron chi connectivity index (χ1n) is 9.49. The number of carbonyl (C=O) groups excluding carboxylic acids is 2. The number of rotatable bonds is 6. The largest absolute Gasteiger partial charge is 0.469 e. The Hall–Kier alpha value is -3.87. The highest BCUT2D eigenvalue weighted by Gasteiger charge is 2.03. The molecule has 0 spiro atoms. The lowest BCUT2D eigenvalue weighted by molar-refractivity contribution is -0.140. The van der Waals surface area contributed by atoms with E-state index in [0.29, 0.717) is 12.1 Å². The average Bonchev–Trinajstić information content (AvgIpc) is 2.78. The van der Waals surface area contributed by atoms with E-state index in [4.69, 9.17) is 5.73 Å². The van der Waals surface area contributed by atoms with E-state index in [9.17, 15) is 14.0 Å². The van der Waals surface area contributed by atoms with Crippen LogP contribution in [-0.4, -0.2) is 26.2 Å². The molecule has 0 aliphatic carbocycles. The summed E-state index contributed by atoms with van der Waals surface area (Å²) >= 11 is 0. The van der Waals surface area contributed by atoms with E-state index in [1.165, 1.54) is 26.4 Å². The third-order valence-electron chi connectivity index (χ3n) is 4.22. The minimum atomic E-state index is -0.265. The van der Waals surface area contributed by atoms with Crippen molar-refractivity contribution in [2.45, 2.75) is 12.8 Å². The lowest BCUT2D eigenvalue weighted by Crippen LogP contribution is -2.04. The molecule has 3 aromatic rings. The quantitative estimate of drug-likeness (QED) is 0.454. The third kappa shape index (κ3) is 8.57. The minimum Gasteiger partial charge on any atom is -0.469 e. The van der Waals surface area contributed by atoms with Crippen LogP contribution in [0, 0.1) is 5.82 Å². The molecule has 0 unspecified atom stereocenters. The summed E-state index contributed by atoms with van der Waals surface area (Å²) in [6.45, 7) is 0. The first-order valence-corrected chi connectivity index (χ1v) is 9.49. The summed E-state index contributed by atoms with van der Waals surface area (Å²) in [6.07, 6.45) is 0.560. The molecule has 0 bridgehead atoms. The summed E-state index contributed by atoms with van der Waals surface area (Å²) in [5.41, 5.74) is 9.65. The first-order chi connectivity index (χ1) is 14.9. The second-order valence-corrected chi connectivity index (χ2v) is 6.58. The van der Waals surface area contributed by atoms with Gasteiger partial charge in [-0.05, 0) is 59.7 Å². The van der Waals surface area contributed by atoms with Crippen LogP contribution in [0.4, 0.5) is 21.5 Å². The van der Waals surface area contributed by atoms with Crippen LogP contribution >= 0.6 is 0 Å². The van der Waals surface area contributed by atoms with Crippen LogP contribution in [-0.2, 0) is 31.9 Å². The number of esters is 2. The number of carbonyl (C=O) groups is 2. The summed E-state index contributed by atoms with van der Waals surface area (Å²) in [7, 11) is 2.74. The Balaban J connectivity index is 0.000000245. The van der Waals surface area contributed by atoms with Crippen LogP contribution in [0.25, 0.3) is 0 Å². The highest BCUT2D eigenvalue weighted by Crippen LogP contribution is 2.17. The van der Waals surface area contributed by atoms with Crippen LogP contribution in [0.2, 0.25) is 0 Å². The molecule has 0 saturated carbocycles. The Bertz CT molecular complexity index is 972. The van der Waals surface area contributed by atoms with Crippen molar-refractivity contribution in [1.82, 2.24) is 0 Å². The van der Waals surface area contributed by atoms with Crippen molar-refractivity contribution < 1.29 is 23.5 Å². The smallest absolute Gasteiger partial charge is 0.309 e. The number of anilines is 3. The molecular weight excluding hydrogens is 399 g/mol. The van der Waals surface area contributed by atoms with Gasteiger partial charge in [0.25, 0.3) is 0 Å². The number of hydrogen-bond donors (Lipinski definition) is 2. The van der Waals surface area contributed by atoms with Gasteiger partial charge in [0.1, 0.15) is 5.82 Å². The SMILES string of the molecule is COC(=O)Cc1ccc(N)cc1.COC(=O)Cc1ccc(Nc2ccc(F)cc2)cc1. The highest BCUT2D eigenvalue weighted by atomic mass is 19.1. The zero-order chi connectivity index (χ0) is 22.6. The lowest BCUT2D eigenvalue weighted by atomic mass is 10.1. The van der Waals surface area contributed by atoms with Gasteiger partial charge in [-0.1, -0.05) is 24.3 Å². The van der Waals surface area contributed by atoms with Gasteiger partial charge in [-0.3, -0.25) is 9.59 Å². The van der Waals surface area contributed by atoms with E-state index in [2.05, 4.69) is 14.8 Å². The van der Waals surface area contributed by atoms with Crippen LogP contribution in [0.3, 0.4) is 0 Å². The first kappa shape index (κ1) is 23.4. The number of ether oxygens (including phenoxy) is 2. The molecule has 31 heavy (non-hydrogen) atoms. The van der Waals surface area contributed by atoms with Gasteiger partial charge in [-0.15, -0.1) is 0 Å². The van der Waals surface area contributed by atoms with Crippen LogP contribution in [0.5, 0.6) is 0 Å². The Morgan fingerprint density at radius 1 is 0.742 bits per heavy atom. The number of halogens is 1. The number of hydrogen-bond acceptors (Lipinski definition) is 6.